The van der Waals surface area contributed by atoms with E-state index in [0.29, 0.717) is 5.75 Å². The summed E-state index contributed by atoms with van der Waals surface area (Å²) in [5.41, 5.74) is 4.96. The minimum atomic E-state index is -2.12. The van der Waals surface area contributed by atoms with Crippen molar-refractivity contribution in [1.29, 1.82) is 0 Å². The fourth-order valence-corrected chi connectivity index (χ4v) is 8.04. The average Bonchev–Trinajstić information content (AvgIpc) is 2.31. The Labute approximate surface area is 85.8 Å². The van der Waals surface area contributed by atoms with E-state index in [0.717, 1.165) is 0 Å². The molecule has 0 aliphatic rings. The van der Waals surface area contributed by atoms with Gasteiger partial charge in [0.05, 0.1) is 0 Å². The van der Waals surface area contributed by atoms with E-state index in [1.807, 2.05) is 11.4 Å². The Morgan fingerprint density at radius 1 is 1.54 bits per heavy atom. The molecule has 13 heavy (non-hydrogen) atoms. The van der Waals surface area contributed by atoms with E-state index in [9.17, 15) is 4.79 Å². The van der Waals surface area contributed by atoms with Gasteiger partial charge in [0, 0.05) is 0 Å². The van der Waals surface area contributed by atoms with E-state index < -0.39 is 24.5 Å². The minimum absolute atomic E-state index is 0.667. The van der Waals surface area contributed by atoms with Crippen LogP contribution in [0.15, 0.2) is 11.4 Å². The summed E-state index contributed by atoms with van der Waals surface area (Å²) in [6.07, 6.45) is -0.727. The second-order valence-electron chi connectivity index (χ2n) is 3.79. The maximum absolute atomic E-state index is 10.6. The molecule has 0 unspecified atom stereocenters. The monoisotopic (exact) mass is 307 g/mol. The molecule has 0 aromatic carbocycles. The summed E-state index contributed by atoms with van der Waals surface area (Å²) >= 11 is -0.460. The van der Waals surface area contributed by atoms with E-state index in [4.69, 9.17) is 10.5 Å². The van der Waals surface area contributed by atoms with Crippen molar-refractivity contribution in [1.82, 2.24) is 0 Å². The number of ether oxygens (including phenoxy) is 1. The van der Waals surface area contributed by atoms with Crippen molar-refractivity contribution in [3.8, 4) is 5.75 Å². The molecule has 0 aliphatic heterocycles. The summed E-state index contributed by atoms with van der Waals surface area (Å²) in [6, 6.07) is 1.81. The molecule has 1 heterocycles. The van der Waals surface area contributed by atoms with Crippen molar-refractivity contribution in [3.05, 3.63) is 11.4 Å². The molecule has 1 amide bonds. The summed E-state index contributed by atoms with van der Waals surface area (Å²) in [5.74, 6) is 0.667. The van der Waals surface area contributed by atoms with E-state index in [2.05, 4.69) is 14.8 Å². The van der Waals surface area contributed by atoms with Gasteiger partial charge in [0.25, 0.3) is 0 Å². The van der Waals surface area contributed by atoms with Crippen LogP contribution in [0.1, 0.15) is 0 Å². The molecule has 0 aliphatic carbocycles. The van der Waals surface area contributed by atoms with Gasteiger partial charge in [-0.1, -0.05) is 0 Å². The molecule has 0 atom stereocenters. The van der Waals surface area contributed by atoms with Gasteiger partial charge < -0.3 is 0 Å². The normalized spacial score (nSPS) is 11.3. The molecule has 5 heteroatoms. The number of rotatable bonds is 2. The van der Waals surface area contributed by atoms with Gasteiger partial charge in [0.15, 0.2) is 0 Å². The van der Waals surface area contributed by atoms with Gasteiger partial charge in [-0.15, -0.1) is 0 Å². The zero-order valence-electron chi connectivity index (χ0n) is 7.96. The molecule has 3 nitrogen and oxygen atoms in total. The summed E-state index contributed by atoms with van der Waals surface area (Å²) < 4.78 is 6.16. The first-order valence-corrected chi connectivity index (χ1v) is 14.8. The van der Waals surface area contributed by atoms with E-state index in [-0.39, 0.29) is 0 Å². The number of amides is 1. The first-order chi connectivity index (χ1) is 5.91. The molecule has 1 aromatic rings. The molecule has 0 saturated carbocycles. The van der Waals surface area contributed by atoms with Crippen molar-refractivity contribution in [2.45, 2.75) is 14.8 Å². The van der Waals surface area contributed by atoms with Gasteiger partial charge in [-0.2, -0.15) is 0 Å². The van der Waals surface area contributed by atoms with Gasteiger partial charge in [0.1, 0.15) is 0 Å². The van der Waals surface area contributed by atoms with Crippen molar-refractivity contribution in [2.24, 2.45) is 5.73 Å². The van der Waals surface area contributed by atoms with Crippen LogP contribution >= 0.6 is 11.3 Å². The van der Waals surface area contributed by atoms with E-state index in [1.165, 1.54) is 2.89 Å². The number of thiophene rings is 1. The molecule has 0 radical (unpaired) electrons. The average molecular weight is 306 g/mol. The Hall–Kier alpha value is -0.231. The molecule has 72 valence electrons. The van der Waals surface area contributed by atoms with Crippen molar-refractivity contribution < 1.29 is 9.53 Å². The standard InChI is InChI=1S/C5H4NO2S.3CH3.Sn/c6-5(7)8-4-1-2-9-3-4;;;;/h1-2H,(H2,6,7);3*1H3;. The summed E-state index contributed by atoms with van der Waals surface area (Å²) in [7, 11) is 0. The van der Waals surface area contributed by atoms with Crippen LogP contribution in [0.3, 0.4) is 0 Å². The maximum atomic E-state index is 10.6. The van der Waals surface area contributed by atoms with E-state index >= 15 is 0 Å². The topological polar surface area (TPSA) is 52.3 Å². The Kier molecular flexibility index (Phi) is 3.23. The quantitative estimate of drug-likeness (QED) is 0.846. The fraction of sp³-hybridized carbons (Fsp3) is 0.375. The number of carbonyl (C=O) groups is 1. The number of hydrogen-bond donors (Lipinski definition) is 1. The second kappa shape index (κ2) is 3.87. The van der Waals surface area contributed by atoms with Gasteiger partial charge in [-0.3, -0.25) is 0 Å². The van der Waals surface area contributed by atoms with Crippen LogP contribution in [0, 0.1) is 0 Å². The zero-order chi connectivity index (χ0) is 10.1. The summed E-state index contributed by atoms with van der Waals surface area (Å²) in [5, 5.41) is 1.94. The third-order valence-electron chi connectivity index (χ3n) is 1.52. The molecule has 1 aromatic heterocycles. The van der Waals surface area contributed by atoms with E-state index in [1.54, 1.807) is 11.3 Å². The van der Waals surface area contributed by atoms with Crippen LogP contribution in [-0.2, 0) is 0 Å². The SMILES string of the molecule is [CH3][Sn]([CH3])([CH3])[c]1sccc1OC(N)=O. The Morgan fingerprint density at radius 2 is 2.15 bits per heavy atom. The third-order valence-corrected chi connectivity index (χ3v) is 11.9. The van der Waals surface area contributed by atoms with Crippen LogP contribution in [0.25, 0.3) is 0 Å². The molecule has 0 bridgehead atoms. The van der Waals surface area contributed by atoms with Crippen molar-refractivity contribution >= 4 is 38.7 Å². The number of hydrogen-bond acceptors (Lipinski definition) is 3. The molecular formula is C8H13NO2SSn. The predicted octanol–water partition coefficient (Wildman–Crippen LogP) is 1.75. The van der Waals surface area contributed by atoms with Crippen LogP contribution in [0.4, 0.5) is 4.79 Å². The molecular weight excluding hydrogens is 293 g/mol. The van der Waals surface area contributed by atoms with Gasteiger partial charge in [-0.05, 0) is 0 Å². The third kappa shape index (κ3) is 2.87. The van der Waals surface area contributed by atoms with Crippen LogP contribution < -0.4 is 13.4 Å². The molecule has 2 N–H and O–H groups in total. The molecule has 0 fully saturated rings. The van der Waals surface area contributed by atoms with Gasteiger partial charge in [0.2, 0.25) is 0 Å². The number of carbonyl (C=O) groups excluding carboxylic acids is 1. The number of nitrogens with two attached hydrogens (primary N) is 1. The van der Waals surface area contributed by atoms with Gasteiger partial charge in [-0.25, -0.2) is 0 Å². The summed E-state index contributed by atoms with van der Waals surface area (Å²) in [4.78, 5) is 17.4. The van der Waals surface area contributed by atoms with Crippen LogP contribution in [0.5, 0.6) is 5.75 Å². The molecule has 0 spiro atoms. The molecule has 1 rings (SSSR count). The predicted molar refractivity (Wildman–Crippen MR) is 57.5 cm³/mol. The Morgan fingerprint density at radius 3 is 2.62 bits per heavy atom. The number of primary amides is 1. The van der Waals surface area contributed by atoms with Crippen molar-refractivity contribution in [3.63, 3.8) is 0 Å². The summed E-state index contributed by atoms with van der Waals surface area (Å²) in [6.45, 7) is 0. The van der Waals surface area contributed by atoms with Crippen LogP contribution in [-0.4, -0.2) is 24.5 Å². The molecule has 0 saturated heterocycles. The first-order valence-electron chi connectivity index (χ1n) is 3.96. The zero-order valence-corrected chi connectivity index (χ0v) is 11.6. The van der Waals surface area contributed by atoms with Crippen LogP contribution in [0.2, 0.25) is 14.8 Å². The Bertz CT molecular complexity index is 316. The fourth-order valence-electron chi connectivity index (χ4n) is 1.03. The van der Waals surface area contributed by atoms with Crippen molar-refractivity contribution in [2.75, 3.05) is 0 Å². The second-order valence-corrected chi connectivity index (χ2v) is 20.0. The first kappa shape index (κ1) is 10.8. The van der Waals surface area contributed by atoms with Gasteiger partial charge >= 0.3 is 86.0 Å². The Balaban J connectivity index is 2.96.